The Kier molecular flexibility index (Phi) is 5.38. The highest BCUT2D eigenvalue weighted by atomic mass is 16.5. The molecule has 5 nitrogen and oxygen atoms in total. The van der Waals surface area contributed by atoms with Gasteiger partial charge in [0.05, 0.1) is 19.0 Å². The van der Waals surface area contributed by atoms with E-state index in [0.29, 0.717) is 12.1 Å². The first-order valence-corrected chi connectivity index (χ1v) is 9.35. The van der Waals surface area contributed by atoms with Gasteiger partial charge in [0.25, 0.3) is 5.91 Å². The normalized spacial score (nSPS) is 10.5. The van der Waals surface area contributed by atoms with Crippen molar-refractivity contribution in [3.63, 3.8) is 0 Å². The lowest BCUT2D eigenvalue weighted by Gasteiger charge is -2.07. The smallest absolute Gasteiger partial charge is 0.251 e. The number of carbonyl (C=O) groups is 1. The van der Waals surface area contributed by atoms with Gasteiger partial charge < -0.3 is 15.0 Å². The molecule has 5 heteroatoms. The number of hydrogen-bond donors (Lipinski definition) is 2. The van der Waals surface area contributed by atoms with Crippen LogP contribution < -0.4 is 10.1 Å². The molecule has 0 saturated carbocycles. The topological polar surface area (TPSA) is 67.0 Å². The molecular formula is C24H21N3O2. The largest absolute Gasteiger partial charge is 0.497 e. The fourth-order valence-electron chi connectivity index (χ4n) is 3.09. The van der Waals surface area contributed by atoms with Gasteiger partial charge in [-0.3, -0.25) is 4.79 Å². The van der Waals surface area contributed by atoms with E-state index in [1.807, 2.05) is 60.8 Å². The summed E-state index contributed by atoms with van der Waals surface area (Å²) in [7, 11) is 1.60. The van der Waals surface area contributed by atoms with Gasteiger partial charge in [0.1, 0.15) is 11.6 Å². The van der Waals surface area contributed by atoms with Crippen LogP contribution in [0.25, 0.3) is 22.6 Å². The van der Waals surface area contributed by atoms with Crippen LogP contribution in [0.15, 0.2) is 85.1 Å². The Hall–Kier alpha value is -3.86. The molecule has 0 fully saturated rings. The van der Waals surface area contributed by atoms with Crippen molar-refractivity contribution in [2.24, 2.45) is 0 Å². The van der Waals surface area contributed by atoms with Gasteiger partial charge in [-0.25, -0.2) is 4.98 Å². The number of nitrogens with one attached hydrogen (secondary N) is 2. The highest BCUT2D eigenvalue weighted by Gasteiger charge is 2.08. The van der Waals surface area contributed by atoms with E-state index < -0.39 is 0 Å². The zero-order valence-electron chi connectivity index (χ0n) is 16.1. The van der Waals surface area contributed by atoms with Crippen LogP contribution in [0, 0.1) is 0 Å². The number of carbonyl (C=O) groups excluding carboxylic acids is 1. The number of imidazole rings is 1. The van der Waals surface area contributed by atoms with Crippen molar-refractivity contribution in [1.29, 1.82) is 0 Å². The summed E-state index contributed by atoms with van der Waals surface area (Å²) in [5.74, 6) is 1.40. The third-order valence-electron chi connectivity index (χ3n) is 4.67. The van der Waals surface area contributed by atoms with Crippen LogP contribution in [0.4, 0.5) is 0 Å². The average molecular weight is 383 g/mol. The Balaban J connectivity index is 1.45. The molecule has 0 bridgehead atoms. The fourth-order valence-corrected chi connectivity index (χ4v) is 3.09. The maximum atomic E-state index is 12.4. The molecule has 2 N–H and O–H groups in total. The summed E-state index contributed by atoms with van der Waals surface area (Å²) < 4.78 is 5.12. The molecule has 0 saturated heterocycles. The number of ether oxygens (including phenoxy) is 1. The number of methoxy groups -OCH3 is 1. The molecule has 4 aromatic rings. The molecule has 144 valence electrons. The van der Waals surface area contributed by atoms with E-state index in [1.54, 1.807) is 31.4 Å². The molecular weight excluding hydrogens is 362 g/mol. The van der Waals surface area contributed by atoms with Gasteiger partial charge in [-0.2, -0.15) is 0 Å². The number of aromatic nitrogens is 2. The highest BCUT2D eigenvalue weighted by Crippen LogP contribution is 2.22. The summed E-state index contributed by atoms with van der Waals surface area (Å²) in [5, 5.41) is 2.95. The van der Waals surface area contributed by atoms with Crippen LogP contribution in [0.2, 0.25) is 0 Å². The van der Waals surface area contributed by atoms with E-state index in [1.165, 1.54) is 0 Å². The van der Waals surface area contributed by atoms with Gasteiger partial charge in [-0.15, -0.1) is 0 Å². The van der Waals surface area contributed by atoms with Crippen molar-refractivity contribution in [3.05, 3.63) is 96.2 Å². The monoisotopic (exact) mass is 383 g/mol. The third kappa shape index (κ3) is 4.35. The summed E-state index contributed by atoms with van der Waals surface area (Å²) in [6.45, 7) is 0.435. The van der Waals surface area contributed by atoms with Gasteiger partial charge in [-0.1, -0.05) is 48.5 Å². The van der Waals surface area contributed by atoms with Crippen molar-refractivity contribution in [1.82, 2.24) is 15.3 Å². The average Bonchev–Trinajstić information content (AvgIpc) is 3.29. The zero-order chi connectivity index (χ0) is 20.1. The predicted octanol–water partition coefficient (Wildman–Crippen LogP) is 4.68. The molecule has 0 aliphatic heterocycles. The van der Waals surface area contributed by atoms with Crippen LogP contribution in [0.1, 0.15) is 15.9 Å². The number of benzene rings is 3. The third-order valence-corrected chi connectivity index (χ3v) is 4.67. The second-order valence-electron chi connectivity index (χ2n) is 6.62. The zero-order valence-corrected chi connectivity index (χ0v) is 16.1. The number of amides is 1. The Bertz CT molecular complexity index is 1100. The second-order valence-corrected chi connectivity index (χ2v) is 6.62. The lowest BCUT2D eigenvalue weighted by Crippen LogP contribution is -2.22. The van der Waals surface area contributed by atoms with Gasteiger partial charge in [0.15, 0.2) is 0 Å². The summed E-state index contributed by atoms with van der Waals surface area (Å²) >= 11 is 0. The van der Waals surface area contributed by atoms with Crippen LogP contribution in [-0.2, 0) is 6.54 Å². The number of aromatic amines is 1. The quantitative estimate of drug-likeness (QED) is 0.508. The first kappa shape index (κ1) is 18.5. The van der Waals surface area contributed by atoms with Crippen molar-refractivity contribution in [2.75, 3.05) is 7.11 Å². The second kappa shape index (κ2) is 8.44. The Morgan fingerprint density at radius 2 is 1.72 bits per heavy atom. The van der Waals surface area contributed by atoms with Crippen molar-refractivity contribution < 1.29 is 9.53 Å². The molecule has 29 heavy (non-hydrogen) atoms. The van der Waals surface area contributed by atoms with E-state index in [4.69, 9.17) is 4.74 Å². The maximum absolute atomic E-state index is 12.4. The molecule has 0 unspecified atom stereocenters. The minimum absolute atomic E-state index is 0.123. The molecule has 0 radical (unpaired) electrons. The molecule has 1 heterocycles. The molecule has 3 aromatic carbocycles. The SMILES string of the molecule is COc1ccc(C(=O)NCc2cccc(-c3ncc(-c4ccccc4)[nH]3)c2)cc1. The standard InChI is InChI=1S/C24H21N3O2/c1-29-21-12-10-19(11-13-21)24(28)26-15-17-6-5-9-20(14-17)23-25-16-22(27-23)18-7-3-2-4-8-18/h2-14,16H,15H2,1H3,(H,25,27)(H,26,28). The van der Waals surface area contributed by atoms with Crippen molar-refractivity contribution in [3.8, 4) is 28.4 Å². The number of H-pyrrole nitrogens is 1. The first-order valence-electron chi connectivity index (χ1n) is 9.35. The maximum Gasteiger partial charge on any atom is 0.251 e. The minimum atomic E-state index is -0.123. The van der Waals surface area contributed by atoms with Gasteiger partial charge in [-0.05, 0) is 41.5 Å². The lowest BCUT2D eigenvalue weighted by molar-refractivity contribution is 0.0951. The van der Waals surface area contributed by atoms with E-state index in [0.717, 1.165) is 34.0 Å². The highest BCUT2D eigenvalue weighted by molar-refractivity contribution is 5.94. The molecule has 0 atom stereocenters. The lowest BCUT2D eigenvalue weighted by atomic mass is 10.1. The van der Waals surface area contributed by atoms with Crippen molar-refractivity contribution in [2.45, 2.75) is 6.54 Å². The first-order chi connectivity index (χ1) is 14.2. The molecule has 4 rings (SSSR count). The molecule has 0 aliphatic rings. The Morgan fingerprint density at radius 3 is 2.48 bits per heavy atom. The number of rotatable bonds is 6. The van der Waals surface area contributed by atoms with E-state index in [-0.39, 0.29) is 5.91 Å². The number of hydrogen-bond acceptors (Lipinski definition) is 3. The summed E-state index contributed by atoms with van der Waals surface area (Å²) in [6.07, 6.45) is 1.84. The van der Waals surface area contributed by atoms with Gasteiger partial charge in [0, 0.05) is 17.7 Å². The molecule has 1 amide bonds. The summed E-state index contributed by atoms with van der Waals surface area (Å²) in [5.41, 5.74) is 4.64. The Morgan fingerprint density at radius 1 is 0.966 bits per heavy atom. The number of nitrogens with zero attached hydrogens (tertiary/aromatic N) is 1. The molecule has 0 spiro atoms. The molecule has 0 aliphatic carbocycles. The minimum Gasteiger partial charge on any atom is -0.497 e. The van der Waals surface area contributed by atoms with Crippen LogP contribution >= 0.6 is 0 Å². The fraction of sp³-hybridized carbons (Fsp3) is 0.0833. The van der Waals surface area contributed by atoms with Crippen LogP contribution in [0.3, 0.4) is 0 Å². The predicted molar refractivity (Wildman–Crippen MR) is 114 cm³/mol. The van der Waals surface area contributed by atoms with Gasteiger partial charge >= 0.3 is 0 Å². The summed E-state index contributed by atoms with van der Waals surface area (Å²) in [6, 6.07) is 25.1. The van der Waals surface area contributed by atoms with Gasteiger partial charge in [0.2, 0.25) is 0 Å². The molecule has 1 aromatic heterocycles. The summed E-state index contributed by atoms with van der Waals surface area (Å²) in [4.78, 5) is 20.2. The van der Waals surface area contributed by atoms with E-state index in [2.05, 4.69) is 15.3 Å². The Labute approximate surface area is 169 Å². The van der Waals surface area contributed by atoms with Crippen LogP contribution in [0.5, 0.6) is 5.75 Å². The van der Waals surface area contributed by atoms with E-state index in [9.17, 15) is 4.79 Å². The van der Waals surface area contributed by atoms with Crippen LogP contribution in [-0.4, -0.2) is 23.0 Å². The van der Waals surface area contributed by atoms with Crippen molar-refractivity contribution >= 4 is 5.91 Å². The van der Waals surface area contributed by atoms with E-state index >= 15 is 0 Å².